The molecule has 4 heteroatoms. The molecule has 1 heterocycles. The minimum Gasteiger partial charge on any atom is -0.465 e. The van der Waals surface area contributed by atoms with Gasteiger partial charge in [-0.2, -0.15) is 0 Å². The van der Waals surface area contributed by atoms with Crippen molar-refractivity contribution in [2.24, 2.45) is 0 Å². The average molecular weight is 248 g/mol. The molecule has 98 valence electrons. The van der Waals surface area contributed by atoms with Gasteiger partial charge in [0, 0.05) is 31.4 Å². The van der Waals surface area contributed by atoms with Crippen LogP contribution >= 0.6 is 0 Å². The Hall–Kier alpha value is -1.71. The minimum absolute atomic E-state index is 0.219. The van der Waals surface area contributed by atoms with Crippen molar-refractivity contribution in [1.82, 2.24) is 4.90 Å². The zero-order valence-corrected chi connectivity index (χ0v) is 11.2. The van der Waals surface area contributed by atoms with E-state index in [0.717, 1.165) is 6.54 Å². The Morgan fingerprint density at radius 3 is 2.61 bits per heavy atom. The van der Waals surface area contributed by atoms with Gasteiger partial charge in [-0.05, 0) is 32.4 Å². The summed E-state index contributed by atoms with van der Waals surface area (Å²) in [6.07, 6.45) is -0.817. The number of anilines is 1. The third-order valence-electron chi connectivity index (χ3n) is 3.56. The molecule has 0 spiro atoms. The van der Waals surface area contributed by atoms with Crippen LogP contribution < -0.4 is 4.90 Å². The summed E-state index contributed by atoms with van der Waals surface area (Å²) in [6.45, 7) is 8.18. The zero-order chi connectivity index (χ0) is 13.3. The molecule has 0 bridgehead atoms. The average Bonchev–Trinajstić information content (AvgIpc) is 2.30. The number of rotatable bonds is 1. The van der Waals surface area contributed by atoms with E-state index >= 15 is 0 Å². The van der Waals surface area contributed by atoms with Crippen LogP contribution in [0.5, 0.6) is 0 Å². The van der Waals surface area contributed by atoms with Crippen molar-refractivity contribution >= 4 is 11.8 Å². The first kappa shape index (κ1) is 12.7. The Bertz CT molecular complexity index is 459. The summed E-state index contributed by atoms with van der Waals surface area (Å²) in [4.78, 5) is 14.8. The van der Waals surface area contributed by atoms with Crippen LogP contribution in [0.25, 0.3) is 0 Å². The molecule has 4 nitrogen and oxygen atoms in total. The van der Waals surface area contributed by atoms with Crippen LogP contribution in [-0.4, -0.2) is 41.8 Å². The van der Waals surface area contributed by atoms with E-state index in [-0.39, 0.29) is 6.04 Å². The SMILES string of the molecule is Cc1ccc(N2CCN(C(=O)O)C[C@H]2C)c(C)c1. The van der Waals surface area contributed by atoms with Crippen LogP contribution in [0.4, 0.5) is 10.5 Å². The Labute approximate surface area is 108 Å². The molecular formula is C14H20N2O2. The highest BCUT2D eigenvalue weighted by Gasteiger charge is 2.27. The molecule has 1 aliphatic heterocycles. The van der Waals surface area contributed by atoms with E-state index in [0.29, 0.717) is 13.1 Å². The summed E-state index contributed by atoms with van der Waals surface area (Å²) in [5.74, 6) is 0. The lowest BCUT2D eigenvalue weighted by Gasteiger charge is -2.40. The first-order valence-corrected chi connectivity index (χ1v) is 6.31. The smallest absolute Gasteiger partial charge is 0.407 e. The lowest BCUT2D eigenvalue weighted by atomic mass is 10.1. The molecule has 1 aromatic carbocycles. The van der Waals surface area contributed by atoms with E-state index in [4.69, 9.17) is 5.11 Å². The first-order valence-electron chi connectivity index (χ1n) is 6.31. The number of nitrogens with zero attached hydrogens (tertiary/aromatic N) is 2. The van der Waals surface area contributed by atoms with Gasteiger partial charge in [-0.25, -0.2) is 4.79 Å². The number of piperazine rings is 1. The van der Waals surface area contributed by atoms with Gasteiger partial charge in [-0.1, -0.05) is 17.7 Å². The summed E-state index contributed by atoms with van der Waals surface area (Å²) in [6, 6.07) is 6.64. The molecular weight excluding hydrogens is 228 g/mol. The van der Waals surface area contributed by atoms with Crippen LogP contribution in [0.1, 0.15) is 18.1 Å². The van der Waals surface area contributed by atoms with E-state index < -0.39 is 6.09 Å². The van der Waals surface area contributed by atoms with E-state index in [1.165, 1.54) is 21.7 Å². The number of carbonyl (C=O) groups is 1. The normalized spacial score (nSPS) is 20.1. The van der Waals surface area contributed by atoms with Crippen LogP contribution in [-0.2, 0) is 0 Å². The highest BCUT2D eigenvalue weighted by molar-refractivity contribution is 5.66. The lowest BCUT2D eigenvalue weighted by Crippen LogP contribution is -2.53. The monoisotopic (exact) mass is 248 g/mol. The second kappa shape index (κ2) is 4.88. The number of benzene rings is 1. The second-order valence-corrected chi connectivity index (χ2v) is 5.06. The summed E-state index contributed by atoms with van der Waals surface area (Å²) in [5, 5.41) is 9.01. The predicted octanol–water partition coefficient (Wildman–Crippen LogP) is 2.49. The van der Waals surface area contributed by atoms with Gasteiger partial charge in [0.2, 0.25) is 0 Å². The topological polar surface area (TPSA) is 43.8 Å². The number of hydrogen-bond acceptors (Lipinski definition) is 2. The van der Waals surface area contributed by atoms with Crippen molar-refractivity contribution in [2.45, 2.75) is 26.8 Å². The minimum atomic E-state index is -0.817. The summed E-state index contributed by atoms with van der Waals surface area (Å²) >= 11 is 0. The van der Waals surface area contributed by atoms with Crippen LogP contribution in [0.15, 0.2) is 18.2 Å². The molecule has 1 aliphatic rings. The summed E-state index contributed by atoms with van der Waals surface area (Å²) in [7, 11) is 0. The molecule has 0 aliphatic carbocycles. The summed E-state index contributed by atoms with van der Waals surface area (Å²) in [5.41, 5.74) is 3.73. The largest absolute Gasteiger partial charge is 0.465 e. The Morgan fingerprint density at radius 1 is 1.33 bits per heavy atom. The lowest BCUT2D eigenvalue weighted by molar-refractivity contribution is 0.136. The van der Waals surface area contributed by atoms with Crippen molar-refractivity contribution in [3.05, 3.63) is 29.3 Å². The third-order valence-corrected chi connectivity index (χ3v) is 3.56. The molecule has 1 fully saturated rings. The van der Waals surface area contributed by atoms with Crippen molar-refractivity contribution in [3.8, 4) is 0 Å². The molecule has 1 saturated heterocycles. The standard InChI is InChI=1S/C14H20N2O2/c1-10-4-5-13(11(2)8-10)16-7-6-15(14(17)18)9-12(16)3/h4-5,8,12H,6-7,9H2,1-3H3,(H,17,18)/t12-/m1/s1. The quantitative estimate of drug-likeness (QED) is 0.830. The fourth-order valence-electron chi connectivity index (χ4n) is 2.62. The molecule has 1 atom stereocenters. The van der Waals surface area contributed by atoms with E-state index in [1.54, 1.807) is 0 Å². The van der Waals surface area contributed by atoms with Gasteiger partial charge in [0.1, 0.15) is 0 Å². The summed E-state index contributed by atoms with van der Waals surface area (Å²) < 4.78 is 0. The molecule has 0 unspecified atom stereocenters. The molecule has 1 aromatic rings. The molecule has 18 heavy (non-hydrogen) atoms. The van der Waals surface area contributed by atoms with E-state index in [9.17, 15) is 4.79 Å². The van der Waals surface area contributed by atoms with Gasteiger partial charge < -0.3 is 14.9 Å². The molecule has 0 saturated carbocycles. The van der Waals surface area contributed by atoms with Crippen molar-refractivity contribution in [1.29, 1.82) is 0 Å². The maximum absolute atomic E-state index is 11.0. The number of aryl methyl sites for hydroxylation is 2. The number of amides is 1. The van der Waals surface area contributed by atoms with Crippen LogP contribution in [0.3, 0.4) is 0 Å². The van der Waals surface area contributed by atoms with Crippen molar-refractivity contribution in [3.63, 3.8) is 0 Å². The zero-order valence-electron chi connectivity index (χ0n) is 11.2. The maximum Gasteiger partial charge on any atom is 0.407 e. The second-order valence-electron chi connectivity index (χ2n) is 5.06. The fourth-order valence-corrected chi connectivity index (χ4v) is 2.62. The van der Waals surface area contributed by atoms with Crippen LogP contribution in [0, 0.1) is 13.8 Å². The molecule has 1 N–H and O–H groups in total. The predicted molar refractivity (Wildman–Crippen MR) is 72.3 cm³/mol. The van der Waals surface area contributed by atoms with Gasteiger partial charge in [0.15, 0.2) is 0 Å². The maximum atomic E-state index is 11.0. The Kier molecular flexibility index (Phi) is 3.45. The number of hydrogen-bond donors (Lipinski definition) is 1. The van der Waals surface area contributed by atoms with Gasteiger partial charge in [0.05, 0.1) is 0 Å². The van der Waals surface area contributed by atoms with E-state index in [2.05, 4.69) is 43.9 Å². The Morgan fingerprint density at radius 2 is 2.06 bits per heavy atom. The van der Waals surface area contributed by atoms with Crippen LogP contribution in [0.2, 0.25) is 0 Å². The van der Waals surface area contributed by atoms with Gasteiger partial charge in [-0.3, -0.25) is 0 Å². The molecule has 1 amide bonds. The molecule has 2 rings (SSSR count). The van der Waals surface area contributed by atoms with Crippen molar-refractivity contribution in [2.75, 3.05) is 24.5 Å². The third kappa shape index (κ3) is 2.42. The molecule has 0 aromatic heterocycles. The van der Waals surface area contributed by atoms with Gasteiger partial charge >= 0.3 is 6.09 Å². The molecule has 0 radical (unpaired) electrons. The highest BCUT2D eigenvalue weighted by Crippen LogP contribution is 2.25. The highest BCUT2D eigenvalue weighted by atomic mass is 16.4. The fraction of sp³-hybridized carbons (Fsp3) is 0.500. The van der Waals surface area contributed by atoms with E-state index in [1.807, 2.05) is 0 Å². The van der Waals surface area contributed by atoms with Gasteiger partial charge in [0.25, 0.3) is 0 Å². The Balaban J connectivity index is 2.17. The van der Waals surface area contributed by atoms with Gasteiger partial charge in [-0.15, -0.1) is 0 Å². The van der Waals surface area contributed by atoms with Crippen molar-refractivity contribution < 1.29 is 9.90 Å². The first-order chi connectivity index (χ1) is 8.49. The number of carboxylic acid groups (broad SMARTS) is 1.